The Balaban J connectivity index is 1.84. The van der Waals surface area contributed by atoms with Crippen LogP contribution in [0.4, 0.5) is 0 Å². The molecule has 0 aromatic heterocycles. The van der Waals surface area contributed by atoms with E-state index in [1.165, 1.54) is 12.5 Å². The predicted octanol–water partition coefficient (Wildman–Crippen LogP) is 6.26. The van der Waals surface area contributed by atoms with Gasteiger partial charge in [0.1, 0.15) is 5.76 Å². The molecule has 1 fully saturated rings. The van der Waals surface area contributed by atoms with Crippen LogP contribution in [0, 0.1) is 0 Å². The fraction of sp³-hybridized carbons (Fsp3) is 0.609. The van der Waals surface area contributed by atoms with Crippen molar-refractivity contribution in [2.45, 2.75) is 89.3 Å². The molecule has 1 heterocycles. The average molecular weight is 403 g/mol. The molecule has 2 aliphatic rings. The lowest BCUT2D eigenvalue weighted by Crippen LogP contribution is -2.44. The third-order valence-electron chi connectivity index (χ3n) is 6.30. The van der Waals surface area contributed by atoms with E-state index >= 15 is 0 Å². The molecule has 0 N–H and O–H groups in total. The van der Waals surface area contributed by atoms with Gasteiger partial charge in [0.2, 0.25) is 0 Å². The lowest BCUT2D eigenvalue weighted by molar-refractivity contribution is -0.234. The SMILES string of the molecule is CC(C)(C)[Si](C)(C)O[C@H](CC1=CC(=O)OC2(CCCCC2)O1)c1ccccc1. The largest absolute Gasteiger partial charge is 0.456 e. The van der Waals surface area contributed by atoms with Gasteiger partial charge in [-0.1, -0.05) is 57.5 Å². The second-order valence-electron chi connectivity index (χ2n) is 9.59. The zero-order chi connectivity index (χ0) is 20.4. The first kappa shape index (κ1) is 21.1. The van der Waals surface area contributed by atoms with Crippen LogP contribution in [0.5, 0.6) is 0 Å². The van der Waals surface area contributed by atoms with E-state index in [4.69, 9.17) is 13.9 Å². The van der Waals surface area contributed by atoms with Crippen molar-refractivity contribution < 1.29 is 18.7 Å². The lowest BCUT2D eigenvalue weighted by Gasteiger charge is -2.42. The van der Waals surface area contributed by atoms with E-state index in [0.29, 0.717) is 12.2 Å². The molecule has 1 aromatic rings. The van der Waals surface area contributed by atoms with Gasteiger partial charge in [0, 0.05) is 19.3 Å². The summed E-state index contributed by atoms with van der Waals surface area (Å²) in [6.45, 7) is 11.2. The normalized spacial score (nSPS) is 20.9. The molecule has 4 nitrogen and oxygen atoms in total. The van der Waals surface area contributed by atoms with Gasteiger partial charge >= 0.3 is 5.97 Å². The Kier molecular flexibility index (Phi) is 6.06. The van der Waals surface area contributed by atoms with Crippen LogP contribution < -0.4 is 0 Å². The number of carbonyl (C=O) groups excluding carboxylic acids is 1. The molecule has 0 radical (unpaired) electrons. The van der Waals surface area contributed by atoms with Crippen LogP contribution in [0.1, 0.15) is 71.0 Å². The Bertz CT molecular complexity index is 712. The first-order chi connectivity index (χ1) is 13.1. The van der Waals surface area contributed by atoms with Crippen molar-refractivity contribution in [1.29, 1.82) is 0 Å². The molecule has 1 spiro atoms. The zero-order valence-corrected chi connectivity index (χ0v) is 18.9. The summed E-state index contributed by atoms with van der Waals surface area (Å²) in [5.41, 5.74) is 1.12. The third kappa shape index (κ3) is 4.87. The molecular weight excluding hydrogens is 368 g/mol. The number of esters is 1. The summed E-state index contributed by atoms with van der Waals surface area (Å²) in [4.78, 5) is 12.3. The molecule has 1 aromatic carbocycles. The van der Waals surface area contributed by atoms with E-state index in [2.05, 4.69) is 46.0 Å². The van der Waals surface area contributed by atoms with Crippen molar-refractivity contribution in [3.8, 4) is 0 Å². The van der Waals surface area contributed by atoms with Gasteiger partial charge in [-0.25, -0.2) is 4.79 Å². The van der Waals surface area contributed by atoms with E-state index in [0.717, 1.165) is 31.2 Å². The van der Waals surface area contributed by atoms with Crippen LogP contribution in [0.15, 0.2) is 42.2 Å². The molecule has 1 atom stereocenters. The Labute approximate surface area is 170 Å². The Hall–Kier alpha value is -1.59. The van der Waals surface area contributed by atoms with E-state index < -0.39 is 14.1 Å². The van der Waals surface area contributed by atoms with Crippen molar-refractivity contribution in [3.05, 3.63) is 47.7 Å². The Morgan fingerprint density at radius 3 is 2.32 bits per heavy atom. The highest BCUT2D eigenvalue weighted by Gasteiger charge is 2.43. The summed E-state index contributed by atoms with van der Waals surface area (Å²) in [7, 11) is -2.00. The number of hydrogen-bond acceptors (Lipinski definition) is 4. The van der Waals surface area contributed by atoms with Gasteiger partial charge in [0.25, 0.3) is 5.79 Å². The summed E-state index contributed by atoms with van der Waals surface area (Å²) in [5, 5.41) is 0.103. The van der Waals surface area contributed by atoms with Crippen LogP contribution in [0.3, 0.4) is 0 Å². The van der Waals surface area contributed by atoms with E-state index in [1.807, 2.05) is 18.2 Å². The highest BCUT2D eigenvalue weighted by Crippen LogP contribution is 2.43. The molecular formula is C23H34O4Si. The average Bonchev–Trinajstić information content (AvgIpc) is 2.60. The minimum atomic E-state index is -2.00. The second-order valence-corrected chi connectivity index (χ2v) is 14.3. The molecule has 3 rings (SSSR count). The molecule has 0 amide bonds. The maximum atomic E-state index is 12.3. The maximum Gasteiger partial charge on any atom is 0.337 e. The highest BCUT2D eigenvalue weighted by molar-refractivity contribution is 6.74. The minimum absolute atomic E-state index is 0.103. The number of benzene rings is 1. The highest BCUT2D eigenvalue weighted by atomic mass is 28.4. The minimum Gasteiger partial charge on any atom is -0.456 e. The van der Waals surface area contributed by atoms with Gasteiger partial charge in [-0.3, -0.25) is 0 Å². The number of hydrogen-bond donors (Lipinski definition) is 0. The standard InChI is InChI=1S/C23H34O4Si/c1-22(2,3)28(4,5)27-20(18-12-8-6-9-13-18)16-19-17-21(24)26-23(25-19)14-10-7-11-15-23/h6,8-9,12-13,17,20H,7,10-11,14-16H2,1-5H3/t20-/m1/s1. The molecule has 0 bridgehead atoms. The number of rotatable bonds is 5. The summed E-state index contributed by atoms with van der Waals surface area (Å²) in [6.07, 6.45) is 6.69. The second kappa shape index (κ2) is 8.03. The molecule has 0 saturated heterocycles. The van der Waals surface area contributed by atoms with Crippen LogP contribution in [0.25, 0.3) is 0 Å². The number of carbonyl (C=O) groups is 1. The summed E-state index contributed by atoms with van der Waals surface area (Å²) in [6, 6.07) is 10.3. The summed E-state index contributed by atoms with van der Waals surface area (Å²) in [5.74, 6) is -0.370. The van der Waals surface area contributed by atoms with Gasteiger partial charge in [0.05, 0.1) is 12.2 Å². The van der Waals surface area contributed by atoms with Crippen molar-refractivity contribution in [3.63, 3.8) is 0 Å². The maximum absolute atomic E-state index is 12.3. The number of ether oxygens (including phenoxy) is 2. The fourth-order valence-electron chi connectivity index (χ4n) is 3.64. The zero-order valence-electron chi connectivity index (χ0n) is 17.9. The summed E-state index contributed by atoms with van der Waals surface area (Å²) >= 11 is 0. The first-order valence-corrected chi connectivity index (χ1v) is 13.4. The van der Waals surface area contributed by atoms with Crippen LogP contribution in [-0.2, 0) is 18.7 Å². The van der Waals surface area contributed by atoms with Gasteiger partial charge in [-0.15, -0.1) is 0 Å². The molecule has 1 saturated carbocycles. The topological polar surface area (TPSA) is 44.8 Å². The van der Waals surface area contributed by atoms with Gasteiger partial charge < -0.3 is 13.9 Å². The van der Waals surface area contributed by atoms with Crippen LogP contribution in [-0.4, -0.2) is 20.1 Å². The van der Waals surface area contributed by atoms with Crippen molar-refractivity contribution in [2.75, 3.05) is 0 Å². The molecule has 0 unspecified atom stereocenters. The molecule has 1 aliphatic heterocycles. The monoisotopic (exact) mass is 402 g/mol. The van der Waals surface area contributed by atoms with Crippen LogP contribution >= 0.6 is 0 Å². The fourth-order valence-corrected chi connectivity index (χ4v) is 4.92. The van der Waals surface area contributed by atoms with Gasteiger partial charge in [-0.05, 0) is 36.5 Å². The van der Waals surface area contributed by atoms with E-state index in [-0.39, 0.29) is 17.1 Å². The predicted molar refractivity (Wildman–Crippen MR) is 113 cm³/mol. The third-order valence-corrected chi connectivity index (χ3v) is 10.8. The Morgan fingerprint density at radius 2 is 1.71 bits per heavy atom. The molecule has 28 heavy (non-hydrogen) atoms. The van der Waals surface area contributed by atoms with E-state index in [1.54, 1.807) is 0 Å². The molecule has 1 aliphatic carbocycles. The quantitative estimate of drug-likeness (QED) is 0.431. The van der Waals surface area contributed by atoms with Crippen LogP contribution in [0.2, 0.25) is 18.1 Å². The van der Waals surface area contributed by atoms with Crippen molar-refractivity contribution in [2.24, 2.45) is 0 Å². The van der Waals surface area contributed by atoms with E-state index in [9.17, 15) is 4.79 Å². The molecule has 154 valence electrons. The smallest absolute Gasteiger partial charge is 0.337 e. The Morgan fingerprint density at radius 1 is 1.07 bits per heavy atom. The summed E-state index contributed by atoms with van der Waals surface area (Å²) < 4.78 is 18.7. The van der Waals surface area contributed by atoms with Gasteiger partial charge in [0.15, 0.2) is 8.32 Å². The van der Waals surface area contributed by atoms with Crippen molar-refractivity contribution in [1.82, 2.24) is 0 Å². The van der Waals surface area contributed by atoms with Crippen molar-refractivity contribution >= 4 is 14.3 Å². The van der Waals surface area contributed by atoms with Gasteiger partial charge in [-0.2, -0.15) is 0 Å². The first-order valence-electron chi connectivity index (χ1n) is 10.5. The lowest BCUT2D eigenvalue weighted by atomic mass is 9.93. The molecule has 5 heteroatoms.